The van der Waals surface area contributed by atoms with E-state index in [1.54, 1.807) is 19.1 Å². The molecule has 28 heavy (non-hydrogen) atoms. The lowest BCUT2D eigenvalue weighted by atomic mass is 10.0. The maximum Gasteiger partial charge on any atom is 0.320 e. The van der Waals surface area contributed by atoms with Gasteiger partial charge < -0.3 is 14.6 Å². The van der Waals surface area contributed by atoms with E-state index >= 15 is 0 Å². The Kier molecular flexibility index (Phi) is 7.18. The predicted molar refractivity (Wildman–Crippen MR) is 109 cm³/mol. The fourth-order valence-corrected chi connectivity index (χ4v) is 3.08. The Morgan fingerprint density at radius 1 is 1.21 bits per heavy atom. The van der Waals surface area contributed by atoms with Crippen molar-refractivity contribution in [2.75, 3.05) is 6.61 Å². The molecule has 0 fully saturated rings. The summed E-state index contributed by atoms with van der Waals surface area (Å²) in [5.74, 6) is -0.731. The molecule has 2 rings (SSSR count). The third-order valence-electron chi connectivity index (χ3n) is 4.06. The number of hydrogen-bond donors (Lipinski definition) is 1. The van der Waals surface area contributed by atoms with Crippen LogP contribution >= 0.6 is 15.9 Å². The Morgan fingerprint density at radius 2 is 1.86 bits per heavy atom. The molecule has 0 aliphatic carbocycles. The quantitative estimate of drug-likeness (QED) is 0.480. The Hall–Kier alpha value is -2.41. The van der Waals surface area contributed by atoms with Crippen molar-refractivity contribution in [1.82, 2.24) is 4.98 Å². The second kappa shape index (κ2) is 9.19. The van der Waals surface area contributed by atoms with Gasteiger partial charge in [0.05, 0.1) is 5.69 Å². The molecule has 6 nitrogen and oxygen atoms in total. The van der Waals surface area contributed by atoms with Crippen LogP contribution < -0.4 is 4.74 Å². The number of aromatic nitrogens is 1. The van der Waals surface area contributed by atoms with Crippen LogP contribution in [-0.2, 0) is 20.7 Å². The number of benzene rings is 1. The molecule has 2 atom stereocenters. The van der Waals surface area contributed by atoms with Crippen LogP contribution in [0, 0.1) is 13.8 Å². The summed E-state index contributed by atoms with van der Waals surface area (Å²) in [5, 5.41) is 9.20. The monoisotopic (exact) mass is 449 g/mol. The molecule has 0 saturated heterocycles. The molecule has 1 aromatic carbocycles. The molecule has 0 spiro atoms. The number of aliphatic carboxylic acids is 1. The van der Waals surface area contributed by atoms with Gasteiger partial charge in [-0.1, -0.05) is 28.1 Å². The van der Waals surface area contributed by atoms with Crippen LogP contribution in [0.15, 0.2) is 36.4 Å². The first-order chi connectivity index (χ1) is 13.1. The van der Waals surface area contributed by atoms with Crippen LogP contribution in [0.1, 0.15) is 42.5 Å². The second-order valence-corrected chi connectivity index (χ2v) is 8.69. The average Bonchev–Trinajstić information content (AvgIpc) is 2.58. The van der Waals surface area contributed by atoms with E-state index in [2.05, 4.69) is 20.9 Å². The number of carbonyl (C=O) groups is 2. The molecule has 7 heteroatoms. The molecule has 0 bridgehead atoms. The van der Waals surface area contributed by atoms with E-state index in [4.69, 9.17) is 9.47 Å². The number of halogens is 1. The van der Waals surface area contributed by atoms with Gasteiger partial charge in [-0.15, -0.1) is 0 Å². The molecule has 1 aromatic heterocycles. The maximum absolute atomic E-state index is 11.5. The van der Waals surface area contributed by atoms with Gasteiger partial charge in [-0.25, -0.2) is 0 Å². The zero-order chi connectivity index (χ0) is 20.9. The number of carboxylic acid groups (broad SMARTS) is 1. The molecule has 0 saturated carbocycles. The minimum Gasteiger partial charge on any atom is -0.489 e. The van der Waals surface area contributed by atoms with Gasteiger partial charge in [0.25, 0.3) is 0 Å². The number of aryl methyl sites for hydroxylation is 2. The lowest BCUT2D eigenvalue weighted by Crippen LogP contribution is -2.30. The van der Waals surface area contributed by atoms with E-state index in [9.17, 15) is 14.7 Å². The van der Waals surface area contributed by atoms with Crippen molar-refractivity contribution in [2.45, 2.75) is 44.5 Å². The number of carboxylic acids is 1. The van der Waals surface area contributed by atoms with Crippen LogP contribution in [0.25, 0.3) is 0 Å². The molecule has 1 N–H and O–H groups in total. The van der Waals surface area contributed by atoms with E-state index < -0.39 is 22.4 Å². The van der Waals surface area contributed by atoms with Crippen LogP contribution in [0.3, 0.4) is 0 Å². The summed E-state index contributed by atoms with van der Waals surface area (Å²) < 4.78 is 10.2. The number of pyridine rings is 1. The van der Waals surface area contributed by atoms with E-state index in [0.717, 1.165) is 16.8 Å². The van der Waals surface area contributed by atoms with Crippen molar-refractivity contribution in [3.8, 4) is 5.75 Å². The lowest BCUT2D eigenvalue weighted by Gasteiger charge is -2.19. The highest BCUT2D eigenvalue weighted by Gasteiger charge is 2.29. The summed E-state index contributed by atoms with van der Waals surface area (Å²) in [6.07, 6.45) is -0.279. The summed E-state index contributed by atoms with van der Waals surface area (Å²) in [5.41, 5.74) is 3.37. The molecular formula is C21H24BrNO5. The average molecular weight is 450 g/mol. The SMILES string of the molecule is CC(=O)OC(COc1ccc(CC(C)(Br)C(=O)O)cc1)c1cc(C)cc(C)n1. The van der Waals surface area contributed by atoms with Crippen LogP contribution in [0.4, 0.5) is 0 Å². The number of nitrogens with zero attached hydrogens (tertiary/aromatic N) is 1. The first-order valence-corrected chi connectivity index (χ1v) is 9.62. The number of esters is 1. The molecule has 0 amide bonds. The largest absolute Gasteiger partial charge is 0.489 e. The molecule has 2 unspecified atom stereocenters. The van der Waals surface area contributed by atoms with Gasteiger partial charge in [0.2, 0.25) is 0 Å². The molecule has 150 valence electrons. The van der Waals surface area contributed by atoms with Crippen LogP contribution in [-0.4, -0.2) is 33.0 Å². The summed E-state index contributed by atoms with van der Waals surface area (Å²) in [7, 11) is 0. The van der Waals surface area contributed by atoms with Crippen LogP contribution in [0.5, 0.6) is 5.75 Å². The number of hydrogen-bond acceptors (Lipinski definition) is 5. The Bertz CT molecular complexity index is 828. The number of carbonyl (C=O) groups excluding carboxylic acids is 1. The van der Waals surface area contributed by atoms with Crippen molar-refractivity contribution in [1.29, 1.82) is 0 Å². The predicted octanol–water partition coefficient (Wildman–Crippen LogP) is 4.16. The first-order valence-electron chi connectivity index (χ1n) is 8.83. The number of ether oxygens (including phenoxy) is 2. The highest BCUT2D eigenvalue weighted by Crippen LogP contribution is 2.25. The van der Waals surface area contributed by atoms with Gasteiger partial charge in [0, 0.05) is 12.6 Å². The molecule has 0 aliphatic heterocycles. The summed E-state index contributed by atoms with van der Waals surface area (Å²) >= 11 is 3.23. The third-order valence-corrected chi connectivity index (χ3v) is 4.68. The number of alkyl halides is 1. The van der Waals surface area contributed by atoms with Crippen molar-refractivity contribution in [2.24, 2.45) is 0 Å². The van der Waals surface area contributed by atoms with Crippen molar-refractivity contribution < 1.29 is 24.2 Å². The van der Waals surface area contributed by atoms with Gasteiger partial charge in [-0.2, -0.15) is 0 Å². The summed E-state index contributed by atoms with van der Waals surface area (Å²) in [6, 6.07) is 11.0. The lowest BCUT2D eigenvalue weighted by molar-refractivity contribution is -0.148. The fourth-order valence-electron chi connectivity index (χ4n) is 2.75. The van der Waals surface area contributed by atoms with E-state index in [0.29, 0.717) is 17.9 Å². The molecule has 2 aromatic rings. The van der Waals surface area contributed by atoms with Gasteiger partial charge in [-0.3, -0.25) is 14.6 Å². The molecule has 0 aliphatic rings. The maximum atomic E-state index is 11.5. The normalized spacial score (nSPS) is 14.0. The first kappa shape index (κ1) is 21.9. The fraction of sp³-hybridized carbons (Fsp3) is 0.381. The zero-order valence-electron chi connectivity index (χ0n) is 16.4. The Labute approximate surface area is 173 Å². The van der Waals surface area contributed by atoms with E-state index in [1.807, 2.05) is 38.1 Å². The Balaban J connectivity index is 2.08. The highest BCUT2D eigenvalue weighted by atomic mass is 79.9. The molecule has 1 heterocycles. The highest BCUT2D eigenvalue weighted by molar-refractivity contribution is 9.10. The van der Waals surface area contributed by atoms with Crippen molar-refractivity contribution >= 4 is 27.9 Å². The topological polar surface area (TPSA) is 85.7 Å². The van der Waals surface area contributed by atoms with Gasteiger partial charge in [0.1, 0.15) is 16.7 Å². The summed E-state index contributed by atoms with van der Waals surface area (Å²) in [4.78, 5) is 27.2. The second-order valence-electron chi connectivity index (χ2n) is 6.94. The smallest absolute Gasteiger partial charge is 0.320 e. The van der Waals surface area contributed by atoms with E-state index in [1.165, 1.54) is 6.92 Å². The van der Waals surface area contributed by atoms with Gasteiger partial charge in [0.15, 0.2) is 6.10 Å². The third kappa shape index (κ3) is 6.34. The van der Waals surface area contributed by atoms with E-state index in [-0.39, 0.29) is 6.61 Å². The van der Waals surface area contributed by atoms with Crippen LogP contribution in [0.2, 0.25) is 0 Å². The minimum absolute atomic E-state index is 0.125. The summed E-state index contributed by atoms with van der Waals surface area (Å²) in [6.45, 7) is 6.93. The zero-order valence-corrected chi connectivity index (χ0v) is 17.9. The standard InChI is InChI=1S/C21H24BrNO5/c1-13-9-14(2)23-18(10-13)19(28-15(3)24)12-27-17-7-5-16(6-8-17)11-21(4,22)20(25)26/h5-10,19H,11-12H2,1-4H3,(H,25,26). The van der Waals surface area contributed by atoms with Crippen molar-refractivity contribution in [3.63, 3.8) is 0 Å². The van der Waals surface area contributed by atoms with Crippen molar-refractivity contribution in [3.05, 3.63) is 58.9 Å². The number of rotatable bonds is 8. The minimum atomic E-state index is -1.02. The van der Waals surface area contributed by atoms with Gasteiger partial charge >= 0.3 is 11.9 Å². The molecule has 0 radical (unpaired) electrons. The Morgan fingerprint density at radius 3 is 2.39 bits per heavy atom. The molecular weight excluding hydrogens is 426 g/mol. The van der Waals surface area contributed by atoms with Gasteiger partial charge in [-0.05, 0) is 62.6 Å².